The Balaban J connectivity index is 1.63. The molecule has 3 rings (SSSR count). The minimum absolute atomic E-state index is 0.0155. The van der Waals surface area contributed by atoms with E-state index in [1.807, 2.05) is 30.3 Å². The average molecular weight is 351 g/mol. The Morgan fingerprint density at radius 3 is 2.44 bits per heavy atom. The molecule has 0 spiro atoms. The smallest absolute Gasteiger partial charge is 0.279 e. The number of benzene rings is 2. The van der Waals surface area contributed by atoms with Gasteiger partial charge in [-0.3, -0.25) is 4.79 Å². The lowest BCUT2D eigenvalue weighted by Crippen LogP contribution is -2.87. The van der Waals surface area contributed by atoms with E-state index >= 15 is 0 Å². The SMILES string of the molecule is CCc1ccc(NC(=O)C[NH2+][C@H](c2ccccc2)c2cccs2)cc1. The van der Waals surface area contributed by atoms with E-state index < -0.39 is 0 Å². The zero-order chi connectivity index (χ0) is 17.5. The number of hydrogen-bond donors (Lipinski definition) is 2. The van der Waals surface area contributed by atoms with Gasteiger partial charge in [0.1, 0.15) is 6.04 Å². The molecule has 1 atom stereocenters. The maximum atomic E-state index is 12.3. The number of thiophene rings is 1. The molecule has 3 nitrogen and oxygen atoms in total. The van der Waals surface area contributed by atoms with Gasteiger partial charge in [0.15, 0.2) is 6.54 Å². The second kappa shape index (κ2) is 8.60. The lowest BCUT2D eigenvalue weighted by molar-refractivity contribution is -0.675. The molecule has 0 saturated heterocycles. The van der Waals surface area contributed by atoms with Crippen molar-refractivity contribution in [3.63, 3.8) is 0 Å². The van der Waals surface area contributed by atoms with Crippen molar-refractivity contribution < 1.29 is 10.1 Å². The summed E-state index contributed by atoms with van der Waals surface area (Å²) in [7, 11) is 0. The number of amides is 1. The molecule has 0 aliphatic carbocycles. The zero-order valence-corrected chi connectivity index (χ0v) is 15.1. The van der Waals surface area contributed by atoms with Crippen LogP contribution in [0.1, 0.15) is 29.0 Å². The molecule has 0 fully saturated rings. The fourth-order valence-electron chi connectivity index (χ4n) is 2.81. The van der Waals surface area contributed by atoms with Crippen molar-refractivity contribution in [1.29, 1.82) is 0 Å². The predicted molar refractivity (Wildman–Crippen MR) is 104 cm³/mol. The van der Waals surface area contributed by atoms with Crippen LogP contribution in [-0.4, -0.2) is 12.5 Å². The summed E-state index contributed by atoms with van der Waals surface area (Å²) in [6.07, 6.45) is 1.00. The number of carbonyl (C=O) groups is 1. The van der Waals surface area contributed by atoms with Crippen LogP contribution < -0.4 is 10.6 Å². The van der Waals surface area contributed by atoms with Gasteiger partial charge in [-0.15, -0.1) is 11.3 Å². The Hall–Kier alpha value is -2.43. The maximum absolute atomic E-state index is 12.3. The summed E-state index contributed by atoms with van der Waals surface area (Å²) in [5.41, 5.74) is 3.33. The van der Waals surface area contributed by atoms with Crippen molar-refractivity contribution >= 4 is 22.9 Å². The first-order valence-corrected chi connectivity index (χ1v) is 9.44. The van der Waals surface area contributed by atoms with Crippen LogP contribution in [0.5, 0.6) is 0 Å². The van der Waals surface area contributed by atoms with Crippen molar-refractivity contribution in [2.45, 2.75) is 19.4 Å². The van der Waals surface area contributed by atoms with E-state index in [0.29, 0.717) is 6.54 Å². The van der Waals surface area contributed by atoms with Crippen LogP contribution in [0.15, 0.2) is 72.1 Å². The van der Waals surface area contributed by atoms with Gasteiger partial charge in [0.2, 0.25) is 0 Å². The third-order valence-electron chi connectivity index (χ3n) is 4.19. The first kappa shape index (κ1) is 17.4. The van der Waals surface area contributed by atoms with E-state index in [9.17, 15) is 4.79 Å². The molecule has 25 heavy (non-hydrogen) atoms. The Morgan fingerprint density at radius 1 is 1.04 bits per heavy atom. The summed E-state index contributed by atoms with van der Waals surface area (Å²) >= 11 is 1.72. The quantitative estimate of drug-likeness (QED) is 0.671. The highest BCUT2D eigenvalue weighted by molar-refractivity contribution is 7.10. The molecule has 1 amide bonds. The molecule has 0 aliphatic heterocycles. The number of nitrogens with two attached hydrogens (primary N) is 1. The number of anilines is 1. The fraction of sp³-hybridized carbons (Fsp3) is 0.190. The van der Waals surface area contributed by atoms with E-state index in [0.717, 1.165) is 12.1 Å². The Kier molecular flexibility index (Phi) is 5.99. The number of quaternary nitrogens is 1. The monoisotopic (exact) mass is 351 g/mol. The molecule has 3 N–H and O–H groups in total. The highest BCUT2D eigenvalue weighted by Crippen LogP contribution is 2.22. The molecule has 128 valence electrons. The second-order valence-corrected chi connectivity index (χ2v) is 6.92. The summed E-state index contributed by atoms with van der Waals surface area (Å²) in [5, 5.41) is 7.15. The maximum Gasteiger partial charge on any atom is 0.279 e. The normalized spacial score (nSPS) is 11.9. The molecule has 0 bridgehead atoms. The molecule has 1 heterocycles. The fourth-order valence-corrected chi connectivity index (χ4v) is 3.66. The van der Waals surface area contributed by atoms with Gasteiger partial charge in [0.05, 0.1) is 4.88 Å². The molecule has 0 saturated carbocycles. The van der Waals surface area contributed by atoms with Crippen LogP contribution in [0.2, 0.25) is 0 Å². The minimum atomic E-state index is 0.0155. The highest BCUT2D eigenvalue weighted by atomic mass is 32.1. The number of rotatable bonds is 7. The third kappa shape index (κ3) is 4.78. The van der Waals surface area contributed by atoms with E-state index in [4.69, 9.17) is 0 Å². The minimum Gasteiger partial charge on any atom is -0.328 e. The van der Waals surface area contributed by atoms with E-state index in [1.165, 1.54) is 16.0 Å². The molecular weight excluding hydrogens is 328 g/mol. The van der Waals surface area contributed by atoms with Crippen molar-refractivity contribution in [3.8, 4) is 0 Å². The zero-order valence-electron chi connectivity index (χ0n) is 14.3. The van der Waals surface area contributed by atoms with E-state index in [1.54, 1.807) is 11.3 Å². The van der Waals surface area contributed by atoms with Gasteiger partial charge in [-0.2, -0.15) is 0 Å². The lowest BCUT2D eigenvalue weighted by Gasteiger charge is -2.14. The highest BCUT2D eigenvalue weighted by Gasteiger charge is 2.19. The molecule has 4 heteroatoms. The molecule has 1 aromatic heterocycles. The lowest BCUT2D eigenvalue weighted by atomic mass is 10.1. The number of carbonyl (C=O) groups excluding carboxylic acids is 1. The topological polar surface area (TPSA) is 45.7 Å². The van der Waals surface area contributed by atoms with E-state index in [-0.39, 0.29) is 11.9 Å². The summed E-state index contributed by atoms with van der Waals surface area (Å²) in [4.78, 5) is 13.6. The van der Waals surface area contributed by atoms with Gasteiger partial charge in [0.25, 0.3) is 5.91 Å². The number of nitrogens with one attached hydrogen (secondary N) is 1. The van der Waals surface area contributed by atoms with Crippen molar-refractivity contribution in [2.75, 3.05) is 11.9 Å². The van der Waals surface area contributed by atoms with Crippen LogP contribution in [0.3, 0.4) is 0 Å². The van der Waals surface area contributed by atoms with Gasteiger partial charge in [-0.05, 0) is 35.6 Å². The largest absolute Gasteiger partial charge is 0.328 e. The second-order valence-electron chi connectivity index (χ2n) is 5.94. The van der Waals surface area contributed by atoms with Gasteiger partial charge < -0.3 is 10.6 Å². The van der Waals surface area contributed by atoms with Crippen LogP contribution in [0, 0.1) is 0 Å². The summed E-state index contributed by atoms with van der Waals surface area (Å²) in [5.74, 6) is 0.0155. The van der Waals surface area contributed by atoms with Gasteiger partial charge >= 0.3 is 0 Å². The first-order valence-electron chi connectivity index (χ1n) is 8.56. The molecule has 3 aromatic rings. The molecular formula is C21H23N2OS+. The van der Waals surface area contributed by atoms with Crippen molar-refractivity contribution in [1.82, 2.24) is 0 Å². The summed E-state index contributed by atoms with van der Waals surface area (Å²) < 4.78 is 0. The summed E-state index contributed by atoms with van der Waals surface area (Å²) in [6, 6.07) is 22.7. The molecule has 0 radical (unpaired) electrons. The van der Waals surface area contributed by atoms with Crippen LogP contribution in [-0.2, 0) is 11.2 Å². The average Bonchev–Trinajstić information content (AvgIpc) is 3.18. The Morgan fingerprint density at radius 2 is 1.80 bits per heavy atom. The standard InChI is InChI=1S/C21H22N2OS/c1-2-16-10-12-18(13-11-16)23-20(24)15-22-21(19-9-6-14-25-19)17-7-4-3-5-8-17/h3-14,21-22H,2,15H2,1H3,(H,23,24)/p+1/t21-/m1/s1. The van der Waals surface area contributed by atoms with Crippen molar-refractivity contribution in [2.24, 2.45) is 0 Å². The number of hydrogen-bond acceptors (Lipinski definition) is 2. The van der Waals surface area contributed by atoms with Crippen LogP contribution in [0.25, 0.3) is 0 Å². The van der Waals surface area contributed by atoms with Crippen LogP contribution in [0.4, 0.5) is 5.69 Å². The van der Waals surface area contributed by atoms with Crippen LogP contribution >= 0.6 is 11.3 Å². The van der Waals surface area contributed by atoms with E-state index in [2.05, 4.69) is 59.3 Å². The molecule has 0 unspecified atom stereocenters. The van der Waals surface area contributed by atoms with Gasteiger partial charge in [0, 0.05) is 11.3 Å². The summed E-state index contributed by atoms with van der Waals surface area (Å²) in [6.45, 7) is 2.50. The van der Waals surface area contributed by atoms with Gasteiger partial charge in [-0.1, -0.05) is 55.5 Å². The molecule has 2 aromatic carbocycles. The Bertz CT molecular complexity index is 783. The predicted octanol–water partition coefficient (Wildman–Crippen LogP) is 3.60. The van der Waals surface area contributed by atoms with Gasteiger partial charge in [-0.25, -0.2) is 0 Å². The Labute approximate surface area is 152 Å². The van der Waals surface area contributed by atoms with Crippen molar-refractivity contribution in [3.05, 3.63) is 88.1 Å². The first-order chi connectivity index (χ1) is 12.3. The number of aryl methyl sites for hydroxylation is 1. The third-order valence-corrected chi connectivity index (χ3v) is 5.15. The molecule has 0 aliphatic rings.